The van der Waals surface area contributed by atoms with E-state index in [0.29, 0.717) is 5.69 Å². The fraction of sp³-hybridized carbons (Fsp3) is 0.0952. The number of aliphatic hydroxyl groups is 1. The van der Waals surface area contributed by atoms with Gasteiger partial charge in [0.05, 0.1) is 17.9 Å². The van der Waals surface area contributed by atoms with Crippen LogP contribution in [0.5, 0.6) is 0 Å². The lowest BCUT2D eigenvalue weighted by atomic mass is 10.2. The van der Waals surface area contributed by atoms with Gasteiger partial charge in [-0.3, -0.25) is 4.98 Å². The van der Waals surface area contributed by atoms with Crippen LogP contribution in [0.4, 0.5) is 5.69 Å². The van der Waals surface area contributed by atoms with E-state index in [1.165, 1.54) is 24.0 Å². The fourth-order valence-electron chi connectivity index (χ4n) is 2.34. The van der Waals surface area contributed by atoms with Crippen LogP contribution in [-0.4, -0.2) is 27.7 Å². The molecule has 2 heterocycles. The van der Waals surface area contributed by atoms with Gasteiger partial charge in [0, 0.05) is 28.4 Å². The van der Waals surface area contributed by atoms with Gasteiger partial charge in [-0.15, -0.1) is 5.11 Å². The van der Waals surface area contributed by atoms with E-state index in [2.05, 4.69) is 20.2 Å². The van der Waals surface area contributed by atoms with Crippen LogP contribution in [0, 0.1) is 0 Å². The Labute approximate surface area is 182 Å². The summed E-state index contributed by atoms with van der Waals surface area (Å²) in [6.45, 7) is 1.77. The van der Waals surface area contributed by atoms with Gasteiger partial charge in [0.2, 0.25) is 5.70 Å². The van der Waals surface area contributed by atoms with Crippen LogP contribution in [0.3, 0.4) is 0 Å². The number of pyridine rings is 2. The van der Waals surface area contributed by atoms with Crippen molar-refractivity contribution in [3.05, 3.63) is 83.5 Å². The zero-order valence-electron chi connectivity index (χ0n) is 15.9. The molecule has 9 heteroatoms. The van der Waals surface area contributed by atoms with Crippen LogP contribution in [0.25, 0.3) is 5.76 Å². The van der Waals surface area contributed by atoms with Gasteiger partial charge in [0.25, 0.3) is 0 Å². The van der Waals surface area contributed by atoms with E-state index in [9.17, 15) is 9.90 Å². The second-order valence-electron chi connectivity index (χ2n) is 5.75. The molecule has 0 spiro atoms. The number of hydrogen-bond acceptors (Lipinski definition) is 8. The van der Waals surface area contributed by atoms with E-state index < -0.39 is 11.7 Å². The summed E-state index contributed by atoms with van der Waals surface area (Å²) >= 11 is 7.54. The number of ether oxygens (including phenoxy) is 1. The average Bonchev–Trinajstić information content (AvgIpc) is 2.75. The monoisotopic (exact) mass is 440 g/mol. The van der Waals surface area contributed by atoms with Gasteiger partial charge in [-0.1, -0.05) is 29.4 Å². The van der Waals surface area contributed by atoms with E-state index in [1.54, 1.807) is 37.5 Å². The van der Waals surface area contributed by atoms with Crippen molar-refractivity contribution in [3.63, 3.8) is 0 Å². The number of aromatic nitrogens is 2. The number of hydrogen-bond donors (Lipinski definition) is 1. The number of aliphatic hydroxyl groups excluding tert-OH is 1. The lowest BCUT2D eigenvalue weighted by Gasteiger charge is -2.07. The maximum absolute atomic E-state index is 12.3. The van der Waals surface area contributed by atoms with Gasteiger partial charge in [0.1, 0.15) is 5.15 Å². The number of azo groups is 1. The zero-order valence-corrected chi connectivity index (χ0v) is 17.5. The van der Waals surface area contributed by atoms with Crippen molar-refractivity contribution in [2.24, 2.45) is 10.2 Å². The van der Waals surface area contributed by atoms with Gasteiger partial charge in [-0.05, 0) is 49.4 Å². The first-order valence-electron chi connectivity index (χ1n) is 8.89. The molecule has 0 aliphatic heterocycles. The normalized spacial score (nSPS) is 11.9. The molecule has 0 saturated heterocycles. The summed E-state index contributed by atoms with van der Waals surface area (Å²) in [5.74, 6) is -1.28. The Morgan fingerprint density at radius 3 is 2.70 bits per heavy atom. The number of rotatable bonds is 7. The summed E-state index contributed by atoms with van der Waals surface area (Å²) in [4.78, 5) is 22.2. The quantitative estimate of drug-likeness (QED) is 0.162. The van der Waals surface area contributed by atoms with Crippen molar-refractivity contribution in [1.29, 1.82) is 0 Å². The summed E-state index contributed by atoms with van der Waals surface area (Å²) in [6, 6.07) is 14.2. The Morgan fingerprint density at radius 1 is 1.17 bits per heavy atom. The Bertz CT molecular complexity index is 1090. The SMILES string of the molecule is CCOC(=O)C(N=Nc1cccc(Sc2cccnc2)c1)=C(O)c1cccnc1Cl. The largest absolute Gasteiger partial charge is 0.505 e. The van der Waals surface area contributed by atoms with E-state index >= 15 is 0 Å². The van der Waals surface area contributed by atoms with Gasteiger partial charge in [-0.2, -0.15) is 5.11 Å². The fourth-order valence-corrected chi connectivity index (χ4v) is 3.40. The molecule has 0 fully saturated rings. The summed E-state index contributed by atoms with van der Waals surface area (Å²) in [5, 5.41) is 18.7. The van der Waals surface area contributed by atoms with Crippen LogP contribution in [-0.2, 0) is 9.53 Å². The molecule has 0 bridgehead atoms. The topological polar surface area (TPSA) is 97.0 Å². The predicted molar refractivity (Wildman–Crippen MR) is 115 cm³/mol. The molecule has 3 rings (SSSR count). The highest BCUT2D eigenvalue weighted by molar-refractivity contribution is 7.99. The minimum atomic E-state index is -0.820. The smallest absolute Gasteiger partial charge is 0.362 e. The maximum atomic E-state index is 12.3. The Balaban J connectivity index is 1.91. The summed E-state index contributed by atoms with van der Waals surface area (Å²) < 4.78 is 4.99. The number of carbonyl (C=O) groups is 1. The van der Waals surface area contributed by atoms with Crippen molar-refractivity contribution >= 4 is 40.8 Å². The van der Waals surface area contributed by atoms with E-state index in [-0.39, 0.29) is 23.0 Å². The Morgan fingerprint density at radius 2 is 1.97 bits per heavy atom. The number of benzene rings is 1. The predicted octanol–water partition coefficient (Wildman–Crippen LogP) is 5.85. The molecule has 0 radical (unpaired) electrons. The minimum absolute atomic E-state index is 0.0295. The van der Waals surface area contributed by atoms with Gasteiger partial charge < -0.3 is 9.84 Å². The highest BCUT2D eigenvalue weighted by Crippen LogP contribution is 2.30. The molecule has 7 nitrogen and oxygen atoms in total. The molecule has 0 amide bonds. The number of esters is 1. The van der Waals surface area contributed by atoms with Crippen molar-refractivity contribution in [1.82, 2.24) is 9.97 Å². The molecule has 3 aromatic rings. The van der Waals surface area contributed by atoms with Crippen molar-refractivity contribution in [2.45, 2.75) is 16.7 Å². The van der Waals surface area contributed by atoms with Crippen LogP contribution >= 0.6 is 23.4 Å². The minimum Gasteiger partial charge on any atom is -0.505 e. The standard InChI is InChI=1S/C21H17ClN4O3S/c1-2-29-21(28)18(19(27)17-9-5-11-24-20(17)22)26-25-14-6-3-7-15(12-14)30-16-8-4-10-23-13-16/h3-13,27H,2H2,1H3. The molecule has 1 aromatic carbocycles. The molecule has 30 heavy (non-hydrogen) atoms. The number of halogens is 1. The van der Waals surface area contributed by atoms with E-state index in [4.69, 9.17) is 16.3 Å². The maximum Gasteiger partial charge on any atom is 0.362 e. The highest BCUT2D eigenvalue weighted by Gasteiger charge is 2.20. The van der Waals surface area contributed by atoms with Crippen LogP contribution < -0.4 is 0 Å². The lowest BCUT2D eigenvalue weighted by Crippen LogP contribution is -2.08. The third-order valence-electron chi connectivity index (χ3n) is 3.66. The Kier molecular flexibility index (Phi) is 7.53. The third kappa shape index (κ3) is 5.65. The third-order valence-corrected chi connectivity index (χ3v) is 4.93. The van der Waals surface area contributed by atoms with Crippen LogP contribution in [0.15, 0.2) is 92.8 Å². The Hall–Kier alpha value is -3.23. The average molecular weight is 441 g/mol. The van der Waals surface area contributed by atoms with Crippen LogP contribution in [0.1, 0.15) is 12.5 Å². The molecule has 152 valence electrons. The first-order chi connectivity index (χ1) is 14.6. The molecular weight excluding hydrogens is 424 g/mol. The van der Waals surface area contributed by atoms with Crippen molar-refractivity contribution in [2.75, 3.05) is 6.61 Å². The lowest BCUT2D eigenvalue weighted by molar-refractivity contribution is -0.138. The first kappa shape index (κ1) is 21.5. The van der Waals surface area contributed by atoms with Crippen molar-refractivity contribution in [3.8, 4) is 0 Å². The molecular formula is C21H17ClN4O3S. The summed E-state index contributed by atoms with van der Waals surface area (Å²) in [6.07, 6.45) is 4.94. The first-order valence-corrected chi connectivity index (χ1v) is 10.1. The van der Waals surface area contributed by atoms with Crippen molar-refractivity contribution < 1.29 is 14.6 Å². The second kappa shape index (κ2) is 10.5. The van der Waals surface area contributed by atoms with E-state index in [1.807, 2.05) is 24.3 Å². The molecule has 0 aliphatic rings. The molecule has 0 saturated carbocycles. The van der Waals surface area contributed by atoms with Gasteiger partial charge >= 0.3 is 5.97 Å². The summed E-state index contributed by atoms with van der Waals surface area (Å²) in [5.41, 5.74) is 0.287. The molecule has 0 atom stereocenters. The molecule has 2 aromatic heterocycles. The number of carbonyl (C=O) groups excluding carboxylic acids is 1. The number of nitrogens with zero attached hydrogens (tertiary/aromatic N) is 4. The van der Waals surface area contributed by atoms with Crippen LogP contribution in [0.2, 0.25) is 5.15 Å². The van der Waals surface area contributed by atoms with Gasteiger partial charge in [0.15, 0.2) is 5.76 Å². The van der Waals surface area contributed by atoms with Gasteiger partial charge in [-0.25, -0.2) is 9.78 Å². The zero-order chi connectivity index (χ0) is 21.3. The highest BCUT2D eigenvalue weighted by atomic mass is 35.5. The molecule has 0 aliphatic carbocycles. The molecule has 1 N–H and O–H groups in total. The second-order valence-corrected chi connectivity index (χ2v) is 7.25. The van der Waals surface area contributed by atoms with E-state index in [0.717, 1.165) is 9.79 Å². The molecule has 0 unspecified atom stereocenters. The summed E-state index contributed by atoms with van der Waals surface area (Å²) in [7, 11) is 0.